The number of rotatable bonds is 2. The molecule has 0 spiro atoms. The van der Waals surface area contributed by atoms with Gasteiger partial charge in [0.05, 0.1) is 17.8 Å². The van der Waals surface area contributed by atoms with Crippen molar-refractivity contribution in [2.45, 2.75) is 25.5 Å². The second-order valence-corrected chi connectivity index (χ2v) is 4.62. The zero-order valence-corrected chi connectivity index (χ0v) is 10.5. The Hall–Kier alpha value is -2.02. The number of hydrogen-bond donors (Lipinski definition) is 1. The number of aromatic nitrogens is 4. The molecule has 0 amide bonds. The molecule has 2 aromatic rings. The predicted molar refractivity (Wildman–Crippen MR) is 66.7 cm³/mol. The summed E-state index contributed by atoms with van der Waals surface area (Å²) in [6.07, 6.45) is 0.913. The molecule has 7 heteroatoms. The van der Waals surface area contributed by atoms with Crippen molar-refractivity contribution >= 4 is 5.69 Å². The molecule has 1 aromatic heterocycles. The average molecular weight is 263 g/mol. The van der Waals surface area contributed by atoms with Crippen molar-refractivity contribution in [3.63, 3.8) is 0 Å². The van der Waals surface area contributed by atoms with E-state index in [2.05, 4.69) is 15.5 Å². The van der Waals surface area contributed by atoms with Gasteiger partial charge in [-0.2, -0.15) is 0 Å². The molecule has 19 heavy (non-hydrogen) atoms. The maximum absolute atomic E-state index is 13.2. The molecule has 2 N–H and O–H groups in total. The van der Waals surface area contributed by atoms with E-state index in [0.29, 0.717) is 18.0 Å². The maximum Gasteiger partial charge on any atom is 0.182 e. The molecular formula is C12H14FN5O. The standard InChI is InChI=1S/C12H14FN5O/c1-7-11(4-5-19-7)18-12(15-16-17-18)8-2-3-9(13)10(14)6-8/h2-3,6-7,11H,4-5,14H2,1H3. The summed E-state index contributed by atoms with van der Waals surface area (Å²) >= 11 is 0. The molecule has 2 heterocycles. The van der Waals surface area contributed by atoms with Gasteiger partial charge in [0.15, 0.2) is 5.82 Å². The molecule has 0 radical (unpaired) electrons. The molecule has 100 valence electrons. The van der Waals surface area contributed by atoms with Crippen LogP contribution in [0.3, 0.4) is 0 Å². The van der Waals surface area contributed by atoms with Crippen LogP contribution >= 0.6 is 0 Å². The Morgan fingerprint density at radius 1 is 1.47 bits per heavy atom. The van der Waals surface area contributed by atoms with Gasteiger partial charge < -0.3 is 10.5 Å². The van der Waals surface area contributed by atoms with E-state index in [1.54, 1.807) is 10.7 Å². The minimum atomic E-state index is -0.444. The van der Waals surface area contributed by atoms with Crippen molar-refractivity contribution in [1.29, 1.82) is 0 Å². The van der Waals surface area contributed by atoms with Gasteiger partial charge in [-0.15, -0.1) is 5.10 Å². The minimum absolute atomic E-state index is 0.0556. The van der Waals surface area contributed by atoms with Crippen LogP contribution in [0, 0.1) is 5.82 Å². The van der Waals surface area contributed by atoms with Crippen molar-refractivity contribution in [2.24, 2.45) is 0 Å². The summed E-state index contributed by atoms with van der Waals surface area (Å²) in [5, 5.41) is 11.7. The van der Waals surface area contributed by atoms with Gasteiger partial charge in [0.1, 0.15) is 5.82 Å². The van der Waals surface area contributed by atoms with Crippen LogP contribution in [0.25, 0.3) is 11.4 Å². The highest BCUT2D eigenvalue weighted by Gasteiger charge is 2.29. The summed E-state index contributed by atoms with van der Waals surface area (Å²) in [5.74, 6) is 0.134. The Balaban J connectivity index is 2.01. The largest absolute Gasteiger partial charge is 0.396 e. The highest BCUT2D eigenvalue weighted by molar-refractivity contribution is 5.61. The molecule has 1 aliphatic heterocycles. The lowest BCUT2D eigenvalue weighted by atomic mass is 10.1. The molecule has 2 unspecified atom stereocenters. The molecule has 6 nitrogen and oxygen atoms in total. The lowest BCUT2D eigenvalue weighted by Crippen LogP contribution is -2.19. The first-order chi connectivity index (χ1) is 9.16. The van der Waals surface area contributed by atoms with E-state index >= 15 is 0 Å². The monoisotopic (exact) mass is 263 g/mol. The first-order valence-corrected chi connectivity index (χ1v) is 6.11. The van der Waals surface area contributed by atoms with Gasteiger partial charge in [0.2, 0.25) is 0 Å². The Morgan fingerprint density at radius 2 is 2.32 bits per heavy atom. The predicted octanol–water partition coefficient (Wildman–Crippen LogP) is 1.41. The molecular weight excluding hydrogens is 249 g/mol. The Kier molecular flexibility index (Phi) is 2.90. The second kappa shape index (κ2) is 4.58. The maximum atomic E-state index is 13.2. The lowest BCUT2D eigenvalue weighted by Gasteiger charge is -2.15. The van der Waals surface area contributed by atoms with E-state index in [0.717, 1.165) is 6.42 Å². The van der Waals surface area contributed by atoms with Gasteiger partial charge in [0.25, 0.3) is 0 Å². The van der Waals surface area contributed by atoms with Crippen LogP contribution in [-0.4, -0.2) is 32.9 Å². The Bertz CT molecular complexity index is 600. The van der Waals surface area contributed by atoms with E-state index in [1.807, 2.05) is 6.92 Å². The summed E-state index contributed by atoms with van der Waals surface area (Å²) in [7, 11) is 0. The van der Waals surface area contributed by atoms with Crippen LogP contribution in [0.5, 0.6) is 0 Å². The molecule has 2 atom stereocenters. The van der Waals surface area contributed by atoms with E-state index in [-0.39, 0.29) is 17.8 Å². The zero-order valence-electron chi connectivity index (χ0n) is 10.5. The fourth-order valence-electron chi connectivity index (χ4n) is 2.33. The van der Waals surface area contributed by atoms with Gasteiger partial charge >= 0.3 is 0 Å². The summed E-state index contributed by atoms with van der Waals surface area (Å²) in [4.78, 5) is 0. The first kappa shape index (κ1) is 12.0. The number of anilines is 1. The van der Waals surface area contributed by atoms with Gasteiger partial charge in [-0.05, 0) is 42.0 Å². The van der Waals surface area contributed by atoms with Crippen molar-refractivity contribution < 1.29 is 9.13 Å². The Labute approximate surface area is 109 Å². The molecule has 3 rings (SSSR count). The number of tetrazole rings is 1. The normalized spacial score (nSPS) is 22.8. The lowest BCUT2D eigenvalue weighted by molar-refractivity contribution is 0.105. The third kappa shape index (κ3) is 2.06. The zero-order chi connectivity index (χ0) is 13.4. The van der Waals surface area contributed by atoms with Gasteiger partial charge in [-0.3, -0.25) is 0 Å². The topological polar surface area (TPSA) is 78.8 Å². The smallest absolute Gasteiger partial charge is 0.182 e. The highest BCUT2D eigenvalue weighted by Crippen LogP contribution is 2.29. The fraction of sp³-hybridized carbons (Fsp3) is 0.417. The number of nitrogen functional groups attached to an aromatic ring is 1. The van der Waals surface area contributed by atoms with Crippen LogP contribution < -0.4 is 5.73 Å². The van der Waals surface area contributed by atoms with Crippen LogP contribution in [0.1, 0.15) is 19.4 Å². The number of hydrogen-bond acceptors (Lipinski definition) is 5. The van der Waals surface area contributed by atoms with Crippen molar-refractivity contribution in [3.8, 4) is 11.4 Å². The van der Waals surface area contributed by atoms with E-state index in [1.165, 1.54) is 12.1 Å². The van der Waals surface area contributed by atoms with Crippen molar-refractivity contribution in [3.05, 3.63) is 24.0 Å². The highest BCUT2D eigenvalue weighted by atomic mass is 19.1. The second-order valence-electron chi connectivity index (χ2n) is 4.62. The number of benzene rings is 1. The summed E-state index contributed by atoms with van der Waals surface area (Å²) in [5.41, 5.74) is 6.36. The minimum Gasteiger partial charge on any atom is -0.396 e. The third-order valence-electron chi connectivity index (χ3n) is 3.40. The molecule has 1 aromatic carbocycles. The summed E-state index contributed by atoms with van der Waals surface area (Å²) < 4.78 is 20.4. The summed E-state index contributed by atoms with van der Waals surface area (Å²) in [6, 6.07) is 4.57. The van der Waals surface area contributed by atoms with E-state index < -0.39 is 5.82 Å². The van der Waals surface area contributed by atoms with Crippen LogP contribution in [0.4, 0.5) is 10.1 Å². The molecule has 1 aliphatic rings. The molecule has 1 fully saturated rings. The Morgan fingerprint density at radius 3 is 3.00 bits per heavy atom. The van der Waals surface area contributed by atoms with E-state index in [4.69, 9.17) is 10.5 Å². The molecule has 0 bridgehead atoms. The van der Waals surface area contributed by atoms with Crippen LogP contribution in [-0.2, 0) is 4.74 Å². The fourth-order valence-corrected chi connectivity index (χ4v) is 2.33. The average Bonchev–Trinajstić information content (AvgIpc) is 3.00. The molecule has 0 saturated carbocycles. The van der Waals surface area contributed by atoms with Gasteiger partial charge in [-0.1, -0.05) is 0 Å². The van der Waals surface area contributed by atoms with E-state index in [9.17, 15) is 4.39 Å². The first-order valence-electron chi connectivity index (χ1n) is 6.11. The number of halogens is 1. The van der Waals surface area contributed by atoms with Gasteiger partial charge in [0, 0.05) is 12.2 Å². The number of nitrogens with two attached hydrogens (primary N) is 1. The number of ether oxygens (including phenoxy) is 1. The molecule has 1 saturated heterocycles. The van der Waals surface area contributed by atoms with Crippen molar-refractivity contribution in [1.82, 2.24) is 20.2 Å². The summed E-state index contributed by atoms with van der Waals surface area (Å²) in [6.45, 7) is 2.68. The SMILES string of the molecule is CC1OCCC1n1nnnc1-c1ccc(F)c(N)c1. The third-order valence-corrected chi connectivity index (χ3v) is 3.40. The van der Waals surface area contributed by atoms with Crippen molar-refractivity contribution in [2.75, 3.05) is 12.3 Å². The quantitative estimate of drug-likeness (QED) is 0.829. The van der Waals surface area contributed by atoms with Crippen LogP contribution in [0.2, 0.25) is 0 Å². The van der Waals surface area contributed by atoms with Crippen LogP contribution in [0.15, 0.2) is 18.2 Å². The number of nitrogens with zero attached hydrogens (tertiary/aromatic N) is 4. The molecule has 0 aliphatic carbocycles. The van der Waals surface area contributed by atoms with Gasteiger partial charge in [-0.25, -0.2) is 9.07 Å².